The van der Waals surface area contributed by atoms with E-state index in [0.717, 1.165) is 6.04 Å². The number of hydrogen-bond acceptors (Lipinski definition) is 6. The fourth-order valence-electron chi connectivity index (χ4n) is 2.84. The molecule has 0 spiro atoms. The van der Waals surface area contributed by atoms with Crippen LogP contribution < -0.4 is 20.3 Å². The minimum atomic E-state index is -1.20. The number of amides is 2. The third-order valence-electron chi connectivity index (χ3n) is 4.38. The van der Waals surface area contributed by atoms with Gasteiger partial charge in [0.1, 0.15) is 12.5 Å². The molecule has 1 saturated heterocycles. The molecule has 142 valence electrons. The standard InChI is InChI=1S/C17H26N4O4Si/c1-26(2,3)7-6-24-11-21-16(23)10-25-13-4-5-14(19-17(13)21)20-9-12(18)8-15(20)22/h4-5,12H,6-11,18H2,1-3H3. The Kier molecular flexibility index (Phi) is 5.31. The Hall–Kier alpha value is -1.97. The maximum Gasteiger partial charge on any atom is 0.268 e. The number of fused-ring (bicyclic) bond motifs is 1. The molecule has 0 aromatic carbocycles. The van der Waals surface area contributed by atoms with Gasteiger partial charge in [-0.15, -0.1) is 0 Å². The van der Waals surface area contributed by atoms with Gasteiger partial charge in [-0.25, -0.2) is 4.98 Å². The molecule has 2 N–H and O–H groups in total. The molecular weight excluding hydrogens is 352 g/mol. The minimum absolute atomic E-state index is 0.0427. The van der Waals surface area contributed by atoms with Crippen LogP contribution in [0.4, 0.5) is 11.6 Å². The van der Waals surface area contributed by atoms with Crippen molar-refractivity contribution < 1.29 is 19.1 Å². The Bertz CT molecular complexity index is 706. The average Bonchev–Trinajstić information content (AvgIpc) is 2.90. The van der Waals surface area contributed by atoms with E-state index in [1.165, 1.54) is 4.90 Å². The second-order valence-corrected chi connectivity index (χ2v) is 13.5. The van der Waals surface area contributed by atoms with Gasteiger partial charge in [0.25, 0.3) is 5.91 Å². The van der Waals surface area contributed by atoms with Gasteiger partial charge in [0.15, 0.2) is 18.2 Å². The molecule has 2 amide bonds. The Labute approximate surface area is 154 Å². The molecule has 1 aromatic heterocycles. The van der Waals surface area contributed by atoms with Crippen LogP contribution in [0, 0.1) is 0 Å². The number of pyridine rings is 1. The van der Waals surface area contributed by atoms with Gasteiger partial charge < -0.3 is 15.2 Å². The first kappa shape index (κ1) is 18.8. The summed E-state index contributed by atoms with van der Waals surface area (Å²) in [6.45, 7) is 7.94. The number of nitrogens with zero attached hydrogens (tertiary/aromatic N) is 3. The summed E-state index contributed by atoms with van der Waals surface area (Å²) in [7, 11) is -1.20. The molecule has 1 atom stereocenters. The summed E-state index contributed by atoms with van der Waals surface area (Å²) < 4.78 is 11.2. The van der Waals surface area contributed by atoms with Crippen LogP contribution in [-0.2, 0) is 14.3 Å². The van der Waals surface area contributed by atoms with Gasteiger partial charge in [0.05, 0.1) is 0 Å². The topological polar surface area (TPSA) is 98.0 Å². The third kappa shape index (κ3) is 4.22. The molecule has 0 saturated carbocycles. The first-order valence-electron chi connectivity index (χ1n) is 8.82. The molecule has 3 heterocycles. The predicted molar refractivity (Wildman–Crippen MR) is 101 cm³/mol. The van der Waals surface area contributed by atoms with Crippen LogP contribution in [0.3, 0.4) is 0 Å². The molecule has 0 aliphatic carbocycles. The van der Waals surface area contributed by atoms with Gasteiger partial charge in [0, 0.05) is 33.7 Å². The molecule has 2 aliphatic rings. The Morgan fingerprint density at radius 2 is 2.08 bits per heavy atom. The molecule has 0 bridgehead atoms. The van der Waals surface area contributed by atoms with Crippen LogP contribution >= 0.6 is 0 Å². The zero-order valence-electron chi connectivity index (χ0n) is 15.5. The maximum absolute atomic E-state index is 12.3. The van der Waals surface area contributed by atoms with E-state index in [-0.39, 0.29) is 31.2 Å². The van der Waals surface area contributed by atoms with Crippen molar-refractivity contribution in [1.29, 1.82) is 0 Å². The van der Waals surface area contributed by atoms with E-state index in [0.29, 0.717) is 37.0 Å². The highest BCUT2D eigenvalue weighted by molar-refractivity contribution is 6.76. The number of carbonyl (C=O) groups is 2. The number of nitrogens with two attached hydrogens (primary N) is 1. The van der Waals surface area contributed by atoms with Gasteiger partial charge in [-0.2, -0.15) is 0 Å². The van der Waals surface area contributed by atoms with Crippen molar-refractivity contribution in [3.63, 3.8) is 0 Å². The van der Waals surface area contributed by atoms with Crippen LogP contribution in [0.15, 0.2) is 12.1 Å². The lowest BCUT2D eigenvalue weighted by Gasteiger charge is -2.29. The summed E-state index contributed by atoms with van der Waals surface area (Å²) in [5.41, 5.74) is 5.86. The van der Waals surface area contributed by atoms with Gasteiger partial charge in [-0.1, -0.05) is 19.6 Å². The third-order valence-corrected chi connectivity index (χ3v) is 6.08. The smallest absolute Gasteiger partial charge is 0.268 e. The number of rotatable bonds is 6. The number of aromatic nitrogens is 1. The molecule has 26 heavy (non-hydrogen) atoms. The summed E-state index contributed by atoms with van der Waals surface area (Å²) in [4.78, 5) is 31.9. The molecule has 3 rings (SSSR count). The lowest BCUT2D eigenvalue weighted by Crippen LogP contribution is -2.41. The minimum Gasteiger partial charge on any atom is -0.480 e. The van der Waals surface area contributed by atoms with Crippen molar-refractivity contribution in [3.8, 4) is 5.75 Å². The summed E-state index contributed by atoms with van der Waals surface area (Å²) in [5.74, 6) is 1.11. The molecule has 8 nitrogen and oxygen atoms in total. The van der Waals surface area contributed by atoms with E-state index in [9.17, 15) is 9.59 Å². The van der Waals surface area contributed by atoms with Crippen molar-refractivity contribution in [2.24, 2.45) is 5.73 Å². The number of hydrogen-bond donors (Lipinski definition) is 1. The van der Waals surface area contributed by atoms with Gasteiger partial charge in [-0.05, 0) is 18.2 Å². The first-order chi connectivity index (χ1) is 12.2. The maximum atomic E-state index is 12.3. The SMILES string of the molecule is C[Si](C)(C)CCOCN1C(=O)COc2ccc(N3CC(N)CC3=O)nc21. The largest absolute Gasteiger partial charge is 0.480 e. The molecule has 9 heteroatoms. The molecule has 2 aliphatic heterocycles. The van der Waals surface area contributed by atoms with E-state index in [1.807, 2.05) is 0 Å². The zero-order chi connectivity index (χ0) is 18.9. The highest BCUT2D eigenvalue weighted by atomic mass is 28.3. The second kappa shape index (κ2) is 7.34. The van der Waals surface area contributed by atoms with Crippen molar-refractivity contribution in [3.05, 3.63) is 12.1 Å². The van der Waals surface area contributed by atoms with E-state index >= 15 is 0 Å². The second-order valence-electron chi connectivity index (χ2n) is 7.92. The molecule has 1 aromatic rings. The molecule has 1 unspecified atom stereocenters. The number of carbonyl (C=O) groups excluding carboxylic acids is 2. The van der Waals surface area contributed by atoms with E-state index in [4.69, 9.17) is 15.2 Å². The average molecular weight is 379 g/mol. The lowest BCUT2D eigenvalue weighted by atomic mass is 10.3. The zero-order valence-corrected chi connectivity index (χ0v) is 16.5. The highest BCUT2D eigenvalue weighted by Crippen LogP contribution is 2.33. The Morgan fingerprint density at radius 1 is 1.31 bits per heavy atom. The van der Waals surface area contributed by atoms with E-state index < -0.39 is 8.07 Å². The highest BCUT2D eigenvalue weighted by Gasteiger charge is 2.32. The normalized spacial score (nSPS) is 20.4. The van der Waals surface area contributed by atoms with Crippen molar-refractivity contribution in [2.45, 2.75) is 38.1 Å². The Balaban J connectivity index is 1.75. The van der Waals surface area contributed by atoms with Crippen molar-refractivity contribution in [1.82, 2.24) is 4.98 Å². The predicted octanol–water partition coefficient (Wildman–Crippen LogP) is 1.18. The first-order valence-corrected chi connectivity index (χ1v) is 12.5. The van der Waals surface area contributed by atoms with Crippen LogP contribution in [0.1, 0.15) is 6.42 Å². The number of ether oxygens (including phenoxy) is 2. The van der Waals surface area contributed by atoms with Gasteiger partial charge in [0.2, 0.25) is 5.91 Å². The van der Waals surface area contributed by atoms with Crippen molar-refractivity contribution in [2.75, 3.05) is 36.3 Å². The number of anilines is 2. The molecule has 0 radical (unpaired) electrons. The van der Waals surface area contributed by atoms with Gasteiger partial charge in [-0.3, -0.25) is 19.4 Å². The summed E-state index contributed by atoms with van der Waals surface area (Å²) >= 11 is 0. The monoisotopic (exact) mass is 378 g/mol. The van der Waals surface area contributed by atoms with Crippen LogP contribution in [-0.4, -0.2) is 57.4 Å². The summed E-state index contributed by atoms with van der Waals surface area (Å²) in [5, 5.41) is 0. The summed E-state index contributed by atoms with van der Waals surface area (Å²) in [6, 6.07) is 4.27. The van der Waals surface area contributed by atoms with Crippen LogP contribution in [0.2, 0.25) is 25.7 Å². The fourth-order valence-corrected chi connectivity index (χ4v) is 3.60. The lowest BCUT2D eigenvalue weighted by molar-refractivity contribution is -0.122. The molecule has 1 fully saturated rings. The fraction of sp³-hybridized carbons (Fsp3) is 0.588. The van der Waals surface area contributed by atoms with Gasteiger partial charge >= 0.3 is 0 Å². The van der Waals surface area contributed by atoms with E-state index in [1.54, 1.807) is 17.0 Å². The Morgan fingerprint density at radius 3 is 2.73 bits per heavy atom. The van der Waals surface area contributed by atoms with Crippen LogP contribution in [0.25, 0.3) is 0 Å². The molecular formula is C17H26N4O4Si. The quantitative estimate of drug-likeness (QED) is 0.590. The van der Waals surface area contributed by atoms with Crippen molar-refractivity contribution >= 4 is 31.5 Å². The van der Waals surface area contributed by atoms with E-state index in [2.05, 4.69) is 24.6 Å². The van der Waals surface area contributed by atoms with Crippen LogP contribution in [0.5, 0.6) is 5.75 Å². The summed E-state index contributed by atoms with van der Waals surface area (Å²) in [6.07, 6.45) is 0.303.